The molecule has 0 spiro atoms. The summed E-state index contributed by atoms with van der Waals surface area (Å²) in [7, 11) is 0. The molecule has 6 aromatic carbocycles. The van der Waals surface area contributed by atoms with Crippen molar-refractivity contribution in [2.24, 2.45) is 0 Å². The smallest absolute Gasteiger partial charge is 0.00241 e. The molecular formula is C34H28. The van der Waals surface area contributed by atoms with E-state index in [2.05, 4.69) is 98.8 Å². The molecule has 164 valence electrons. The highest BCUT2D eigenvalue weighted by Crippen LogP contribution is 2.42. The van der Waals surface area contributed by atoms with Crippen molar-refractivity contribution in [1.29, 1.82) is 0 Å². The molecule has 0 N–H and O–H groups in total. The summed E-state index contributed by atoms with van der Waals surface area (Å²) in [6.07, 6.45) is 4.89. The molecule has 0 aromatic heterocycles. The molecule has 0 nitrogen and oxygen atoms in total. The molecule has 6 aromatic rings. The first kappa shape index (κ1) is 19.8. The first-order valence-electron chi connectivity index (χ1n) is 12.5. The SMILES string of the molecule is Cc1cc2c3c(c1)CCc1cccc(c1-3)CC2.Cc1ccc2ccc3cccc4ccc1c2c34. The van der Waals surface area contributed by atoms with E-state index in [4.69, 9.17) is 0 Å². The van der Waals surface area contributed by atoms with Crippen LogP contribution in [0, 0.1) is 13.8 Å². The van der Waals surface area contributed by atoms with E-state index in [0.717, 1.165) is 0 Å². The lowest BCUT2D eigenvalue weighted by atomic mass is 9.75. The van der Waals surface area contributed by atoms with Gasteiger partial charge in [0.05, 0.1) is 0 Å². The minimum atomic E-state index is 1.22. The molecule has 0 saturated heterocycles. The van der Waals surface area contributed by atoms with Crippen LogP contribution in [0.1, 0.15) is 33.4 Å². The van der Waals surface area contributed by atoms with Crippen molar-refractivity contribution < 1.29 is 0 Å². The van der Waals surface area contributed by atoms with E-state index in [1.165, 1.54) is 69.1 Å². The van der Waals surface area contributed by atoms with Crippen LogP contribution in [0.4, 0.5) is 0 Å². The molecule has 0 radical (unpaired) electrons. The zero-order valence-electron chi connectivity index (χ0n) is 19.9. The molecule has 8 rings (SSSR count). The Morgan fingerprint density at radius 3 is 1.65 bits per heavy atom. The van der Waals surface area contributed by atoms with Gasteiger partial charge in [0.1, 0.15) is 0 Å². The monoisotopic (exact) mass is 436 g/mol. The maximum atomic E-state index is 2.39. The lowest BCUT2D eigenvalue weighted by Crippen LogP contribution is -2.14. The molecule has 0 fully saturated rings. The van der Waals surface area contributed by atoms with Crippen molar-refractivity contribution in [2.45, 2.75) is 39.5 Å². The number of hydrogen-bond acceptors (Lipinski definition) is 0. The molecule has 0 heterocycles. The Labute approximate surface area is 201 Å². The van der Waals surface area contributed by atoms with Crippen molar-refractivity contribution in [3.05, 3.63) is 118 Å². The van der Waals surface area contributed by atoms with Crippen LogP contribution in [0.5, 0.6) is 0 Å². The van der Waals surface area contributed by atoms with Gasteiger partial charge in [0, 0.05) is 0 Å². The normalized spacial score (nSPS) is 13.7. The van der Waals surface area contributed by atoms with Gasteiger partial charge in [-0.25, -0.2) is 0 Å². The van der Waals surface area contributed by atoms with Gasteiger partial charge in [0.15, 0.2) is 0 Å². The van der Waals surface area contributed by atoms with E-state index in [1.54, 1.807) is 33.4 Å². The van der Waals surface area contributed by atoms with Gasteiger partial charge in [0.25, 0.3) is 0 Å². The van der Waals surface area contributed by atoms with E-state index >= 15 is 0 Å². The Bertz CT molecular complexity index is 1650. The van der Waals surface area contributed by atoms with E-state index in [-0.39, 0.29) is 0 Å². The van der Waals surface area contributed by atoms with Crippen LogP contribution < -0.4 is 0 Å². The van der Waals surface area contributed by atoms with E-state index in [0.29, 0.717) is 0 Å². The molecule has 0 heteroatoms. The van der Waals surface area contributed by atoms with Crippen LogP contribution in [0.15, 0.2) is 84.9 Å². The fourth-order valence-electron chi connectivity index (χ4n) is 6.47. The molecule has 0 amide bonds. The topological polar surface area (TPSA) is 0 Å². The Balaban J connectivity index is 0.000000118. The first-order valence-corrected chi connectivity index (χ1v) is 12.5. The van der Waals surface area contributed by atoms with Crippen LogP contribution in [-0.2, 0) is 25.7 Å². The predicted molar refractivity (Wildman–Crippen MR) is 146 cm³/mol. The summed E-state index contributed by atoms with van der Waals surface area (Å²) in [5, 5.41) is 8.23. The van der Waals surface area contributed by atoms with Crippen molar-refractivity contribution in [3.8, 4) is 11.1 Å². The van der Waals surface area contributed by atoms with Crippen molar-refractivity contribution in [2.75, 3.05) is 0 Å². The lowest BCUT2D eigenvalue weighted by molar-refractivity contribution is 0.874. The third-order valence-corrected chi connectivity index (χ3v) is 8.01. The second-order valence-electron chi connectivity index (χ2n) is 10.1. The molecular weight excluding hydrogens is 408 g/mol. The molecule has 34 heavy (non-hydrogen) atoms. The highest BCUT2D eigenvalue weighted by molar-refractivity contribution is 6.23. The third kappa shape index (κ3) is 2.91. The minimum absolute atomic E-state index is 1.22. The molecule has 2 aliphatic carbocycles. The zero-order chi connectivity index (χ0) is 22.8. The van der Waals surface area contributed by atoms with Gasteiger partial charge in [0.2, 0.25) is 0 Å². The van der Waals surface area contributed by atoms with Gasteiger partial charge in [-0.1, -0.05) is 90.5 Å². The van der Waals surface area contributed by atoms with Gasteiger partial charge in [-0.2, -0.15) is 0 Å². The van der Waals surface area contributed by atoms with Crippen molar-refractivity contribution >= 4 is 32.3 Å². The van der Waals surface area contributed by atoms with Crippen LogP contribution in [0.25, 0.3) is 43.4 Å². The number of aryl methyl sites for hydroxylation is 6. The average Bonchev–Trinajstić information content (AvgIpc) is 2.87. The van der Waals surface area contributed by atoms with Crippen molar-refractivity contribution in [1.82, 2.24) is 0 Å². The predicted octanol–water partition coefficient (Wildman–Crippen LogP) is 8.75. The fraction of sp³-hybridized carbons (Fsp3) is 0.176. The highest BCUT2D eigenvalue weighted by Gasteiger charge is 2.25. The second kappa shape index (κ2) is 7.43. The maximum absolute atomic E-state index is 2.39. The van der Waals surface area contributed by atoms with Crippen LogP contribution in [0.2, 0.25) is 0 Å². The quantitative estimate of drug-likeness (QED) is 0.209. The van der Waals surface area contributed by atoms with Gasteiger partial charge in [-0.05, 0) is 111 Å². The van der Waals surface area contributed by atoms with Crippen molar-refractivity contribution in [3.63, 3.8) is 0 Å². The van der Waals surface area contributed by atoms with E-state index in [1.807, 2.05) is 0 Å². The summed E-state index contributed by atoms with van der Waals surface area (Å²) in [6, 6.07) is 31.5. The number of rotatable bonds is 0. The molecule has 0 saturated carbocycles. The summed E-state index contributed by atoms with van der Waals surface area (Å²) in [5.74, 6) is 0. The lowest BCUT2D eigenvalue weighted by Gasteiger charge is -2.29. The summed E-state index contributed by atoms with van der Waals surface area (Å²) >= 11 is 0. The van der Waals surface area contributed by atoms with Crippen LogP contribution in [0.3, 0.4) is 0 Å². The minimum Gasteiger partial charge on any atom is -0.0617 e. The highest BCUT2D eigenvalue weighted by atomic mass is 14.3. The molecule has 0 atom stereocenters. The van der Waals surface area contributed by atoms with Gasteiger partial charge in [-0.15, -0.1) is 0 Å². The largest absolute Gasteiger partial charge is 0.0617 e. The average molecular weight is 437 g/mol. The molecule has 2 aliphatic rings. The number of benzene rings is 6. The fourth-order valence-corrected chi connectivity index (χ4v) is 6.47. The first-order chi connectivity index (χ1) is 16.7. The third-order valence-electron chi connectivity index (χ3n) is 8.01. The maximum Gasteiger partial charge on any atom is -0.00241 e. The number of hydrogen-bond donors (Lipinski definition) is 0. The standard InChI is InChI=1S/C17H16.C17H12/c1-11-9-14-7-5-12-3-2-4-13-6-8-15(10-11)17(14)16(12)13;1-11-5-6-14-8-7-12-3-2-4-13-9-10-15(11)17(14)16(12)13/h2-4,9-10H,5-8H2,1H3;2-10H,1H3. The Kier molecular flexibility index (Phi) is 4.33. The Morgan fingerprint density at radius 1 is 0.471 bits per heavy atom. The zero-order valence-corrected chi connectivity index (χ0v) is 19.9. The Hall–Kier alpha value is -3.64. The van der Waals surface area contributed by atoms with E-state index < -0.39 is 0 Å². The molecule has 0 bridgehead atoms. The summed E-state index contributed by atoms with van der Waals surface area (Å²) in [4.78, 5) is 0. The van der Waals surface area contributed by atoms with Crippen LogP contribution >= 0.6 is 0 Å². The van der Waals surface area contributed by atoms with Gasteiger partial charge >= 0.3 is 0 Å². The second-order valence-corrected chi connectivity index (χ2v) is 10.1. The summed E-state index contributed by atoms with van der Waals surface area (Å²) in [5.41, 5.74) is 12.3. The molecule has 0 aliphatic heterocycles. The summed E-state index contributed by atoms with van der Waals surface area (Å²) < 4.78 is 0. The molecule has 0 unspecified atom stereocenters. The van der Waals surface area contributed by atoms with Gasteiger partial charge in [-0.3, -0.25) is 0 Å². The Morgan fingerprint density at radius 2 is 0.971 bits per heavy atom. The van der Waals surface area contributed by atoms with Crippen LogP contribution in [-0.4, -0.2) is 0 Å². The van der Waals surface area contributed by atoms with E-state index in [9.17, 15) is 0 Å². The summed E-state index contributed by atoms with van der Waals surface area (Å²) in [6.45, 7) is 4.42. The van der Waals surface area contributed by atoms with Gasteiger partial charge < -0.3 is 0 Å².